The molecule has 1 heterocycles. The van der Waals surface area contributed by atoms with Crippen molar-refractivity contribution < 1.29 is 9.53 Å². The lowest BCUT2D eigenvalue weighted by Gasteiger charge is -2.40. The van der Waals surface area contributed by atoms with Gasteiger partial charge >= 0.3 is 6.09 Å². The van der Waals surface area contributed by atoms with Gasteiger partial charge in [-0.1, -0.05) is 54.4 Å². The molecule has 0 spiro atoms. The number of hydrogen-bond acceptors (Lipinski definition) is 4. The van der Waals surface area contributed by atoms with Crippen LogP contribution in [0.4, 0.5) is 4.79 Å². The molecule has 4 nitrogen and oxygen atoms in total. The second kappa shape index (κ2) is 7.90. The molecule has 0 bridgehead atoms. The van der Waals surface area contributed by atoms with E-state index in [0.717, 1.165) is 25.8 Å². The molecule has 5 heteroatoms. The van der Waals surface area contributed by atoms with Gasteiger partial charge in [-0.05, 0) is 41.9 Å². The fourth-order valence-electron chi connectivity index (χ4n) is 3.64. The number of fused-ring (bicyclic) bond motifs is 1. The lowest BCUT2D eigenvalue weighted by Crippen LogP contribution is -2.55. The minimum absolute atomic E-state index is 0.101. The Hall–Kier alpha value is -1.72. The van der Waals surface area contributed by atoms with Crippen molar-refractivity contribution in [3.8, 4) is 0 Å². The van der Waals surface area contributed by atoms with Gasteiger partial charge in [0.05, 0.1) is 13.2 Å². The predicted octanol–water partition coefficient (Wildman–Crippen LogP) is 3.85. The van der Waals surface area contributed by atoms with E-state index in [0.29, 0.717) is 0 Å². The number of hydrogen-bond donors (Lipinski definition) is 1. The van der Waals surface area contributed by atoms with Crippen LogP contribution in [0, 0.1) is 0 Å². The van der Waals surface area contributed by atoms with Crippen molar-refractivity contribution in [2.24, 2.45) is 0 Å². The molecular formula is C19H24N2O2S. The molecule has 0 aromatic heterocycles. The monoisotopic (exact) mass is 344 g/mol. The Bertz CT molecular complexity index is 699. The van der Waals surface area contributed by atoms with Crippen LogP contribution in [0.3, 0.4) is 0 Å². The molecule has 24 heavy (non-hydrogen) atoms. The summed E-state index contributed by atoms with van der Waals surface area (Å²) in [6.45, 7) is 0.759. The van der Waals surface area contributed by atoms with E-state index in [1.807, 2.05) is 11.2 Å². The molecule has 1 saturated heterocycles. The Balaban J connectivity index is 1.93. The first-order valence-electron chi connectivity index (χ1n) is 8.34. The number of ether oxygens (including phenoxy) is 1. The number of piperidine rings is 1. The largest absolute Gasteiger partial charge is 0.453 e. The van der Waals surface area contributed by atoms with Crippen molar-refractivity contribution in [3.63, 3.8) is 0 Å². The lowest BCUT2D eigenvalue weighted by atomic mass is 9.90. The number of carbonyl (C=O) groups is 1. The Morgan fingerprint density at radius 2 is 2.08 bits per heavy atom. The second-order valence-electron chi connectivity index (χ2n) is 6.14. The molecule has 1 N–H and O–H groups in total. The van der Waals surface area contributed by atoms with E-state index in [4.69, 9.17) is 4.74 Å². The number of carbonyl (C=O) groups excluding carboxylic acids is 1. The number of benzene rings is 2. The van der Waals surface area contributed by atoms with Crippen molar-refractivity contribution in [2.45, 2.75) is 31.3 Å². The zero-order chi connectivity index (χ0) is 16.9. The molecule has 1 aliphatic heterocycles. The van der Waals surface area contributed by atoms with Crippen LogP contribution in [0.1, 0.15) is 18.4 Å². The van der Waals surface area contributed by atoms with Gasteiger partial charge in [-0.3, -0.25) is 4.72 Å². The summed E-state index contributed by atoms with van der Waals surface area (Å²) in [7, 11) is 1.46. The highest BCUT2D eigenvalue weighted by Gasteiger charge is 2.35. The second-order valence-corrected chi connectivity index (χ2v) is 6.79. The SMILES string of the molecule is COC(=O)N1CCCC(NSC)C1Cc1cccc2ccccc12. The fraction of sp³-hybridized carbons (Fsp3) is 0.421. The van der Waals surface area contributed by atoms with Crippen LogP contribution in [-0.2, 0) is 11.2 Å². The van der Waals surface area contributed by atoms with Crippen LogP contribution in [-0.4, -0.2) is 43.0 Å². The summed E-state index contributed by atoms with van der Waals surface area (Å²) in [6, 6.07) is 15.2. The Morgan fingerprint density at radius 3 is 2.88 bits per heavy atom. The zero-order valence-electron chi connectivity index (χ0n) is 14.2. The maximum absolute atomic E-state index is 12.3. The third-order valence-electron chi connectivity index (χ3n) is 4.77. The van der Waals surface area contributed by atoms with Gasteiger partial charge < -0.3 is 9.64 Å². The highest BCUT2D eigenvalue weighted by molar-refractivity contribution is 7.96. The summed E-state index contributed by atoms with van der Waals surface area (Å²) >= 11 is 1.62. The molecule has 2 aromatic carbocycles. The third kappa shape index (κ3) is 3.52. The van der Waals surface area contributed by atoms with E-state index in [-0.39, 0.29) is 18.2 Å². The van der Waals surface area contributed by atoms with E-state index < -0.39 is 0 Å². The van der Waals surface area contributed by atoms with Gasteiger partial charge in [0.25, 0.3) is 0 Å². The molecular weight excluding hydrogens is 320 g/mol. The van der Waals surface area contributed by atoms with Gasteiger partial charge in [0.2, 0.25) is 0 Å². The summed E-state index contributed by atoms with van der Waals surface area (Å²) in [6.07, 6.45) is 4.71. The number of nitrogens with zero attached hydrogens (tertiary/aromatic N) is 1. The van der Waals surface area contributed by atoms with Crippen molar-refractivity contribution in [3.05, 3.63) is 48.0 Å². The number of rotatable bonds is 4. The molecule has 3 rings (SSSR count). The summed E-state index contributed by atoms with van der Waals surface area (Å²) in [5.74, 6) is 0. The number of methoxy groups -OCH3 is 1. The highest BCUT2D eigenvalue weighted by Crippen LogP contribution is 2.27. The van der Waals surface area contributed by atoms with E-state index in [1.165, 1.54) is 23.4 Å². The van der Waals surface area contributed by atoms with Crippen LogP contribution in [0.15, 0.2) is 42.5 Å². The van der Waals surface area contributed by atoms with E-state index in [9.17, 15) is 4.79 Å². The van der Waals surface area contributed by atoms with Crippen molar-refractivity contribution in [2.75, 3.05) is 19.9 Å². The van der Waals surface area contributed by atoms with Gasteiger partial charge in [0.15, 0.2) is 0 Å². The quantitative estimate of drug-likeness (QED) is 0.856. The maximum Gasteiger partial charge on any atom is 0.409 e. The van der Waals surface area contributed by atoms with Crippen molar-refractivity contribution in [1.29, 1.82) is 0 Å². The van der Waals surface area contributed by atoms with Crippen LogP contribution in [0.5, 0.6) is 0 Å². The smallest absolute Gasteiger partial charge is 0.409 e. The molecule has 2 aromatic rings. The lowest BCUT2D eigenvalue weighted by molar-refractivity contribution is 0.0799. The Morgan fingerprint density at radius 1 is 1.29 bits per heavy atom. The highest BCUT2D eigenvalue weighted by atomic mass is 32.2. The first-order chi connectivity index (χ1) is 11.7. The summed E-state index contributed by atoms with van der Waals surface area (Å²) in [5.41, 5.74) is 1.28. The first-order valence-corrected chi connectivity index (χ1v) is 9.57. The zero-order valence-corrected chi connectivity index (χ0v) is 15.0. The Kier molecular flexibility index (Phi) is 5.63. The van der Waals surface area contributed by atoms with Gasteiger partial charge in [-0.15, -0.1) is 0 Å². The molecule has 2 atom stereocenters. The summed E-state index contributed by atoms with van der Waals surface area (Å²) in [4.78, 5) is 14.1. The average Bonchev–Trinajstić information content (AvgIpc) is 2.63. The predicted molar refractivity (Wildman–Crippen MR) is 100 cm³/mol. The van der Waals surface area contributed by atoms with Gasteiger partial charge in [-0.2, -0.15) is 0 Å². The van der Waals surface area contributed by atoms with Crippen molar-refractivity contribution in [1.82, 2.24) is 9.62 Å². The molecule has 0 radical (unpaired) electrons. The van der Waals surface area contributed by atoms with Gasteiger partial charge in [0, 0.05) is 12.6 Å². The van der Waals surface area contributed by atoms with Crippen LogP contribution >= 0.6 is 11.9 Å². The number of amides is 1. The summed E-state index contributed by atoms with van der Waals surface area (Å²) in [5, 5.41) is 2.50. The molecule has 0 saturated carbocycles. The molecule has 128 valence electrons. The number of nitrogens with one attached hydrogen (secondary N) is 1. The van der Waals surface area contributed by atoms with E-state index >= 15 is 0 Å². The van der Waals surface area contributed by atoms with Crippen LogP contribution < -0.4 is 4.72 Å². The van der Waals surface area contributed by atoms with Crippen molar-refractivity contribution >= 4 is 28.8 Å². The normalized spacial score (nSPS) is 21.0. The minimum atomic E-state index is -0.229. The molecule has 1 aliphatic rings. The van der Waals surface area contributed by atoms with Gasteiger partial charge in [0.1, 0.15) is 0 Å². The fourth-order valence-corrected chi connectivity index (χ4v) is 4.22. The van der Waals surface area contributed by atoms with Crippen LogP contribution in [0.25, 0.3) is 10.8 Å². The maximum atomic E-state index is 12.3. The average molecular weight is 344 g/mol. The van der Waals surface area contributed by atoms with Gasteiger partial charge in [-0.25, -0.2) is 4.79 Å². The van der Waals surface area contributed by atoms with E-state index in [2.05, 4.69) is 47.2 Å². The third-order valence-corrected chi connectivity index (χ3v) is 5.30. The summed E-state index contributed by atoms with van der Waals surface area (Å²) < 4.78 is 8.50. The van der Waals surface area contributed by atoms with E-state index in [1.54, 1.807) is 11.9 Å². The first kappa shape index (κ1) is 17.1. The molecule has 1 amide bonds. The Labute approximate surface area is 147 Å². The van der Waals surface area contributed by atoms with Crippen LogP contribution in [0.2, 0.25) is 0 Å². The molecule has 1 fully saturated rings. The number of likely N-dealkylation sites (tertiary alicyclic amines) is 1. The molecule has 2 unspecified atom stereocenters. The minimum Gasteiger partial charge on any atom is -0.453 e. The topological polar surface area (TPSA) is 41.6 Å². The standard InChI is InChI=1S/C19H24N2O2S/c1-23-19(22)21-12-6-11-17(20-24-2)18(21)13-15-9-5-8-14-7-3-4-10-16(14)15/h3-5,7-10,17-18,20H,6,11-13H2,1-2H3. The molecule has 0 aliphatic carbocycles.